The first kappa shape index (κ1) is 20.2. The van der Waals surface area contributed by atoms with Gasteiger partial charge in [-0.15, -0.1) is 0 Å². The second kappa shape index (κ2) is 8.75. The van der Waals surface area contributed by atoms with Crippen LogP contribution in [0.2, 0.25) is 0 Å². The number of para-hydroxylation sites is 3. The van der Waals surface area contributed by atoms with Gasteiger partial charge in [-0.2, -0.15) is 0 Å². The number of quaternary nitrogens is 1. The second-order valence-electron chi connectivity index (χ2n) is 7.80. The molecule has 0 radical (unpaired) electrons. The molecule has 2 aliphatic rings. The van der Waals surface area contributed by atoms with Crippen LogP contribution in [0.15, 0.2) is 54.6 Å². The molecule has 2 amide bonds. The summed E-state index contributed by atoms with van der Waals surface area (Å²) in [6.07, 6.45) is -0.621. The van der Waals surface area contributed by atoms with E-state index in [0.717, 1.165) is 18.8 Å². The first-order valence-corrected chi connectivity index (χ1v) is 10.4. The maximum absolute atomic E-state index is 12.9. The summed E-state index contributed by atoms with van der Waals surface area (Å²) in [6, 6.07) is 16.9. The average molecular weight is 410 g/mol. The zero-order valence-corrected chi connectivity index (χ0v) is 17.4. The number of nitrogens with one attached hydrogen (secondary N) is 1. The minimum absolute atomic E-state index is 0.0519. The van der Waals surface area contributed by atoms with Crippen LogP contribution in [0.4, 0.5) is 5.69 Å². The van der Waals surface area contributed by atoms with Crippen LogP contribution in [0.3, 0.4) is 0 Å². The van der Waals surface area contributed by atoms with E-state index in [9.17, 15) is 9.59 Å². The van der Waals surface area contributed by atoms with Crippen LogP contribution in [-0.4, -0.2) is 68.7 Å². The molecule has 2 heterocycles. The van der Waals surface area contributed by atoms with Crippen molar-refractivity contribution in [3.8, 4) is 11.5 Å². The number of amides is 2. The number of anilines is 1. The maximum Gasteiger partial charge on any atom is 0.284 e. The number of piperazine rings is 1. The van der Waals surface area contributed by atoms with E-state index in [4.69, 9.17) is 9.47 Å². The zero-order chi connectivity index (χ0) is 21.1. The van der Waals surface area contributed by atoms with E-state index in [-0.39, 0.29) is 24.5 Å². The summed E-state index contributed by atoms with van der Waals surface area (Å²) >= 11 is 0. The highest BCUT2D eigenvalue weighted by Gasteiger charge is 2.36. The number of likely N-dealkylation sites (N-methyl/N-ethyl adjacent to an activating group) is 1. The lowest BCUT2D eigenvalue weighted by atomic mass is 10.1. The van der Waals surface area contributed by atoms with Gasteiger partial charge in [-0.05, 0) is 31.2 Å². The molecule has 158 valence electrons. The molecule has 1 N–H and O–H groups in total. The van der Waals surface area contributed by atoms with Crippen molar-refractivity contribution >= 4 is 17.5 Å². The Labute approximate surface area is 176 Å². The van der Waals surface area contributed by atoms with Crippen molar-refractivity contribution in [3.63, 3.8) is 0 Å². The van der Waals surface area contributed by atoms with E-state index in [0.29, 0.717) is 24.6 Å². The predicted molar refractivity (Wildman–Crippen MR) is 113 cm³/mol. The predicted octanol–water partition coefficient (Wildman–Crippen LogP) is 0.605. The first-order valence-electron chi connectivity index (χ1n) is 10.4. The number of ether oxygens (including phenoxy) is 2. The molecular formula is C23H28N3O4+. The first-order chi connectivity index (χ1) is 14.5. The largest absolute Gasteiger partial charge is 0.485 e. The molecule has 0 spiro atoms. The molecule has 1 fully saturated rings. The lowest BCUT2D eigenvalue weighted by molar-refractivity contribution is -0.917. The average Bonchev–Trinajstić information content (AvgIpc) is 2.82. The fourth-order valence-electron chi connectivity index (χ4n) is 4.04. The summed E-state index contributed by atoms with van der Waals surface area (Å²) < 4.78 is 11.5. The highest BCUT2D eigenvalue weighted by Crippen LogP contribution is 2.31. The molecule has 2 aliphatic heterocycles. The lowest BCUT2D eigenvalue weighted by Gasteiger charge is -2.37. The van der Waals surface area contributed by atoms with Gasteiger partial charge >= 0.3 is 0 Å². The third kappa shape index (κ3) is 4.11. The third-order valence-corrected chi connectivity index (χ3v) is 5.96. The molecule has 4 rings (SSSR count). The summed E-state index contributed by atoms with van der Waals surface area (Å²) in [5.41, 5.74) is 0.886. The summed E-state index contributed by atoms with van der Waals surface area (Å²) in [5, 5.41) is 0. The SMILES string of the molecule is C[C@@H](C(=O)N(C)c1ccccc1)[NH+]1CCN(C(=O)[C@@H]2COc3ccccc3O2)CC1. The van der Waals surface area contributed by atoms with Crippen LogP contribution >= 0.6 is 0 Å². The fraction of sp³-hybridized carbons (Fsp3) is 0.391. The van der Waals surface area contributed by atoms with E-state index >= 15 is 0 Å². The van der Waals surface area contributed by atoms with Crippen molar-refractivity contribution in [1.29, 1.82) is 0 Å². The standard InChI is InChI=1S/C23H27N3O4/c1-17(22(27)24(2)18-8-4-3-5-9-18)25-12-14-26(15-13-25)23(28)21-16-29-19-10-6-7-11-20(19)30-21/h3-11,17,21H,12-16H2,1-2H3/p+1/t17-,21-/m0/s1. The molecule has 1 saturated heterocycles. The van der Waals surface area contributed by atoms with Gasteiger partial charge < -0.3 is 24.2 Å². The Kier molecular flexibility index (Phi) is 5.90. The Hall–Kier alpha value is -3.06. The molecular weight excluding hydrogens is 382 g/mol. The van der Waals surface area contributed by atoms with Crippen LogP contribution in [0.1, 0.15) is 6.92 Å². The molecule has 0 bridgehead atoms. The van der Waals surface area contributed by atoms with Crippen molar-refractivity contribution in [1.82, 2.24) is 4.90 Å². The van der Waals surface area contributed by atoms with E-state index < -0.39 is 6.10 Å². The van der Waals surface area contributed by atoms with Crippen molar-refractivity contribution in [2.24, 2.45) is 0 Å². The van der Waals surface area contributed by atoms with Crippen LogP contribution in [0.25, 0.3) is 0 Å². The molecule has 0 aromatic heterocycles. The highest BCUT2D eigenvalue weighted by atomic mass is 16.6. The molecule has 0 saturated carbocycles. The van der Waals surface area contributed by atoms with Gasteiger partial charge in [0.15, 0.2) is 17.5 Å². The number of benzene rings is 2. The summed E-state index contributed by atoms with van der Waals surface area (Å²) in [5.74, 6) is 1.31. The summed E-state index contributed by atoms with van der Waals surface area (Å²) in [6.45, 7) is 4.84. The van der Waals surface area contributed by atoms with Crippen LogP contribution < -0.4 is 19.3 Å². The molecule has 30 heavy (non-hydrogen) atoms. The number of hydrogen-bond donors (Lipinski definition) is 1. The summed E-state index contributed by atoms with van der Waals surface area (Å²) in [4.78, 5) is 30.5. The number of hydrogen-bond acceptors (Lipinski definition) is 4. The number of rotatable bonds is 4. The van der Waals surface area contributed by atoms with Crippen LogP contribution in [-0.2, 0) is 9.59 Å². The lowest BCUT2D eigenvalue weighted by Crippen LogP contribution is -3.19. The molecule has 2 aromatic carbocycles. The highest BCUT2D eigenvalue weighted by molar-refractivity contribution is 5.95. The van der Waals surface area contributed by atoms with E-state index in [1.807, 2.05) is 73.5 Å². The Bertz CT molecular complexity index is 896. The number of carbonyl (C=O) groups is 2. The third-order valence-electron chi connectivity index (χ3n) is 5.96. The van der Waals surface area contributed by atoms with Crippen LogP contribution in [0, 0.1) is 0 Å². The van der Waals surface area contributed by atoms with Crippen molar-refractivity contribution in [2.45, 2.75) is 19.1 Å². The second-order valence-corrected chi connectivity index (χ2v) is 7.80. The van der Waals surface area contributed by atoms with E-state index in [1.165, 1.54) is 4.90 Å². The van der Waals surface area contributed by atoms with Gasteiger partial charge in [0.25, 0.3) is 11.8 Å². The van der Waals surface area contributed by atoms with E-state index in [1.54, 1.807) is 4.90 Å². The summed E-state index contributed by atoms with van der Waals surface area (Å²) in [7, 11) is 1.81. The van der Waals surface area contributed by atoms with Gasteiger partial charge in [-0.3, -0.25) is 9.59 Å². The Balaban J connectivity index is 1.31. The van der Waals surface area contributed by atoms with Gasteiger partial charge in [0.2, 0.25) is 6.10 Å². The smallest absolute Gasteiger partial charge is 0.284 e. The Morgan fingerprint density at radius 3 is 2.37 bits per heavy atom. The van der Waals surface area contributed by atoms with Crippen molar-refractivity contribution < 1.29 is 24.0 Å². The molecule has 7 nitrogen and oxygen atoms in total. The Morgan fingerprint density at radius 2 is 1.67 bits per heavy atom. The topological polar surface area (TPSA) is 63.5 Å². The monoisotopic (exact) mass is 410 g/mol. The van der Waals surface area contributed by atoms with Crippen molar-refractivity contribution in [2.75, 3.05) is 44.7 Å². The Morgan fingerprint density at radius 1 is 1.03 bits per heavy atom. The van der Waals surface area contributed by atoms with Gasteiger partial charge in [0.05, 0.1) is 26.2 Å². The molecule has 0 unspecified atom stereocenters. The van der Waals surface area contributed by atoms with Gasteiger partial charge in [0.1, 0.15) is 6.61 Å². The minimum atomic E-state index is -0.621. The number of fused-ring (bicyclic) bond motifs is 1. The minimum Gasteiger partial charge on any atom is -0.485 e. The fourth-order valence-corrected chi connectivity index (χ4v) is 4.04. The number of carbonyl (C=O) groups excluding carboxylic acids is 2. The molecule has 2 aromatic rings. The van der Waals surface area contributed by atoms with Crippen molar-refractivity contribution in [3.05, 3.63) is 54.6 Å². The molecule has 0 aliphatic carbocycles. The zero-order valence-electron chi connectivity index (χ0n) is 17.4. The van der Waals surface area contributed by atoms with Gasteiger partial charge in [-0.1, -0.05) is 30.3 Å². The quantitative estimate of drug-likeness (QED) is 0.802. The molecule has 7 heteroatoms. The number of nitrogens with zero attached hydrogens (tertiary/aromatic N) is 2. The van der Waals surface area contributed by atoms with Crippen LogP contribution in [0.5, 0.6) is 11.5 Å². The van der Waals surface area contributed by atoms with E-state index in [2.05, 4.69) is 0 Å². The normalized spacial score (nSPS) is 19.8. The maximum atomic E-state index is 12.9. The van der Waals surface area contributed by atoms with Gasteiger partial charge in [-0.25, -0.2) is 0 Å². The van der Waals surface area contributed by atoms with Gasteiger partial charge in [0, 0.05) is 12.7 Å². The molecule has 2 atom stereocenters.